The van der Waals surface area contributed by atoms with Crippen LogP contribution < -0.4 is 0 Å². The van der Waals surface area contributed by atoms with Crippen LogP contribution in [0.15, 0.2) is 0 Å². The second-order valence-electron chi connectivity index (χ2n) is 2.32. The fourth-order valence-corrected chi connectivity index (χ4v) is 1.50. The second kappa shape index (κ2) is 3.69. The maximum Gasteiger partial charge on any atom is 0.257 e. The van der Waals surface area contributed by atoms with Crippen LogP contribution in [0.4, 0.5) is 4.39 Å². The minimum atomic E-state index is -0.889. The molecule has 3 atom stereocenters. The number of hydrogen-bond donors (Lipinski definition) is 0. The van der Waals surface area contributed by atoms with E-state index in [0.29, 0.717) is 13.0 Å². The van der Waals surface area contributed by atoms with Gasteiger partial charge in [0.2, 0.25) is 0 Å². The summed E-state index contributed by atoms with van der Waals surface area (Å²) in [6.07, 6.45) is -0.534. The fourth-order valence-electron chi connectivity index (χ4n) is 0.976. The van der Waals surface area contributed by atoms with E-state index >= 15 is 0 Å². The first-order valence-electron chi connectivity index (χ1n) is 3.16. The highest BCUT2D eigenvalue weighted by atomic mass is 79.9. The zero-order valence-corrected chi connectivity index (χ0v) is 7.30. The standard InChI is InChI=1S/C5H9BBrFO2/c6-9-2-3-1-4(8)5(7)10-3/h3-5H,1-2,6H2/t3-,4-,5?/m0/s1. The molecule has 0 aromatic heterocycles. The van der Waals surface area contributed by atoms with Crippen LogP contribution in [-0.2, 0) is 9.39 Å². The molecule has 0 aliphatic carbocycles. The van der Waals surface area contributed by atoms with Crippen LogP contribution in [-0.4, -0.2) is 31.9 Å². The topological polar surface area (TPSA) is 18.5 Å². The van der Waals surface area contributed by atoms with Gasteiger partial charge < -0.3 is 9.39 Å². The van der Waals surface area contributed by atoms with Gasteiger partial charge in [-0.1, -0.05) is 15.9 Å². The molecule has 1 aliphatic heterocycles. The van der Waals surface area contributed by atoms with E-state index in [2.05, 4.69) is 15.9 Å². The molecule has 58 valence electrons. The van der Waals surface area contributed by atoms with Gasteiger partial charge in [0, 0.05) is 6.42 Å². The average molecular weight is 211 g/mol. The van der Waals surface area contributed by atoms with Gasteiger partial charge in [-0.15, -0.1) is 0 Å². The van der Waals surface area contributed by atoms with Crippen molar-refractivity contribution in [2.45, 2.75) is 23.7 Å². The summed E-state index contributed by atoms with van der Waals surface area (Å²) < 4.78 is 22.6. The highest BCUT2D eigenvalue weighted by molar-refractivity contribution is 9.09. The van der Waals surface area contributed by atoms with E-state index in [-0.39, 0.29) is 6.10 Å². The zero-order chi connectivity index (χ0) is 7.56. The molecule has 1 heterocycles. The van der Waals surface area contributed by atoms with Gasteiger partial charge in [-0.3, -0.25) is 0 Å². The molecule has 0 radical (unpaired) electrons. The highest BCUT2D eigenvalue weighted by Gasteiger charge is 2.32. The number of hydrogen-bond acceptors (Lipinski definition) is 2. The van der Waals surface area contributed by atoms with Crippen LogP contribution in [0.5, 0.6) is 0 Å². The molecule has 0 amide bonds. The minimum absolute atomic E-state index is 0.0793. The molecule has 0 aromatic rings. The van der Waals surface area contributed by atoms with E-state index in [0.717, 1.165) is 0 Å². The summed E-state index contributed by atoms with van der Waals surface area (Å²) in [5, 5.41) is -0.437. The molecule has 0 aromatic carbocycles. The third-order valence-electron chi connectivity index (χ3n) is 1.45. The third-order valence-corrected chi connectivity index (χ3v) is 2.24. The number of alkyl halides is 2. The fraction of sp³-hybridized carbons (Fsp3) is 1.00. The predicted octanol–water partition coefficient (Wildman–Crippen LogP) is 0.399. The molecule has 1 aliphatic rings. The lowest BCUT2D eigenvalue weighted by atomic mass is 10.2. The smallest absolute Gasteiger partial charge is 0.257 e. The summed E-state index contributed by atoms with van der Waals surface area (Å²) in [6, 6.07) is 0. The normalized spacial score (nSPS) is 40.4. The Morgan fingerprint density at radius 2 is 2.50 bits per heavy atom. The molecule has 0 spiro atoms. The maximum absolute atomic E-state index is 12.7. The molecule has 0 bridgehead atoms. The molecular formula is C5H9BBrFO2. The first-order chi connectivity index (χ1) is 4.74. The molecular weight excluding hydrogens is 202 g/mol. The Hall–Kier alpha value is 0.395. The van der Waals surface area contributed by atoms with Crippen molar-refractivity contribution in [1.29, 1.82) is 0 Å². The Morgan fingerprint density at radius 3 is 2.90 bits per heavy atom. The Kier molecular flexibility index (Phi) is 3.13. The van der Waals surface area contributed by atoms with E-state index in [9.17, 15) is 4.39 Å². The Bertz CT molecular complexity index is 106. The van der Waals surface area contributed by atoms with E-state index < -0.39 is 11.2 Å². The van der Waals surface area contributed by atoms with Gasteiger partial charge in [0.05, 0.1) is 12.7 Å². The van der Waals surface area contributed by atoms with Gasteiger partial charge in [0.25, 0.3) is 8.05 Å². The average Bonchev–Trinajstić information content (AvgIpc) is 2.14. The molecule has 1 unspecified atom stereocenters. The van der Waals surface area contributed by atoms with Crippen LogP contribution in [0.1, 0.15) is 6.42 Å². The highest BCUT2D eigenvalue weighted by Crippen LogP contribution is 2.26. The molecule has 1 fully saturated rings. The minimum Gasteiger partial charge on any atom is -0.441 e. The molecule has 5 heteroatoms. The zero-order valence-electron chi connectivity index (χ0n) is 5.72. The molecule has 10 heavy (non-hydrogen) atoms. The summed E-state index contributed by atoms with van der Waals surface area (Å²) in [5.41, 5.74) is 0. The van der Waals surface area contributed by atoms with Crippen molar-refractivity contribution in [3.63, 3.8) is 0 Å². The van der Waals surface area contributed by atoms with Crippen molar-refractivity contribution in [3.8, 4) is 0 Å². The van der Waals surface area contributed by atoms with E-state index in [4.69, 9.17) is 9.39 Å². The van der Waals surface area contributed by atoms with Crippen LogP contribution in [0.2, 0.25) is 0 Å². The SMILES string of the molecule is BOC[C@@H]1C[C@H](F)C(Br)O1. The van der Waals surface area contributed by atoms with Gasteiger partial charge in [-0.25, -0.2) is 4.39 Å². The van der Waals surface area contributed by atoms with Crippen molar-refractivity contribution in [3.05, 3.63) is 0 Å². The lowest BCUT2D eigenvalue weighted by Crippen LogP contribution is -2.13. The second-order valence-corrected chi connectivity index (χ2v) is 3.22. The monoisotopic (exact) mass is 210 g/mol. The van der Waals surface area contributed by atoms with E-state index in [1.54, 1.807) is 8.05 Å². The lowest BCUT2D eigenvalue weighted by molar-refractivity contribution is 0.0543. The summed E-state index contributed by atoms with van der Waals surface area (Å²) in [6.45, 7) is 0.475. The van der Waals surface area contributed by atoms with Gasteiger partial charge in [-0.05, 0) is 0 Å². The maximum atomic E-state index is 12.7. The van der Waals surface area contributed by atoms with Gasteiger partial charge in [-0.2, -0.15) is 0 Å². The van der Waals surface area contributed by atoms with Crippen molar-refractivity contribution in [2.75, 3.05) is 6.61 Å². The van der Waals surface area contributed by atoms with Crippen molar-refractivity contribution in [2.24, 2.45) is 0 Å². The Labute approximate surface area is 68.6 Å². The Morgan fingerprint density at radius 1 is 1.80 bits per heavy atom. The van der Waals surface area contributed by atoms with E-state index in [1.165, 1.54) is 0 Å². The summed E-state index contributed by atoms with van der Waals surface area (Å²) in [4.78, 5) is 0. The van der Waals surface area contributed by atoms with Gasteiger partial charge in [0.1, 0.15) is 11.2 Å². The summed E-state index contributed by atoms with van der Waals surface area (Å²) >= 11 is 3.06. The van der Waals surface area contributed by atoms with Crippen LogP contribution in [0.3, 0.4) is 0 Å². The van der Waals surface area contributed by atoms with Crippen LogP contribution >= 0.6 is 15.9 Å². The summed E-state index contributed by atoms with van der Waals surface area (Å²) in [7, 11) is 1.58. The molecule has 0 saturated carbocycles. The van der Waals surface area contributed by atoms with Crippen molar-refractivity contribution < 1.29 is 13.8 Å². The lowest BCUT2D eigenvalue weighted by Gasteiger charge is -2.07. The molecule has 1 rings (SSSR count). The van der Waals surface area contributed by atoms with Gasteiger partial charge in [0.15, 0.2) is 0 Å². The van der Waals surface area contributed by atoms with Crippen molar-refractivity contribution >= 4 is 24.0 Å². The van der Waals surface area contributed by atoms with E-state index in [1.807, 2.05) is 0 Å². The third kappa shape index (κ3) is 1.94. The number of ether oxygens (including phenoxy) is 1. The first kappa shape index (κ1) is 8.49. The molecule has 1 saturated heterocycles. The molecule has 2 nitrogen and oxygen atoms in total. The number of halogens is 2. The van der Waals surface area contributed by atoms with Crippen molar-refractivity contribution in [1.82, 2.24) is 0 Å². The quantitative estimate of drug-likeness (QED) is 0.486. The largest absolute Gasteiger partial charge is 0.441 e. The first-order valence-corrected chi connectivity index (χ1v) is 4.08. The van der Waals surface area contributed by atoms with Crippen LogP contribution in [0.25, 0.3) is 0 Å². The molecule has 0 N–H and O–H groups in total. The van der Waals surface area contributed by atoms with Crippen LogP contribution in [0, 0.1) is 0 Å². The Balaban J connectivity index is 2.27. The summed E-state index contributed by atoms with van der Waals surface area (Å²) in [5.74, 6) is 0. The van der Waals surface area contributed by atoms with Gasteiger partial charge >= 0.3 is 0 Å². The predicted molar refractivity (Wildman–Crippen MR) is 41.6 cm³/mol. The number of rotatable bonds is 2.